The first-order chi connectivity index (χ1) is 6.68. The van der Waals surface area contributed by atoms with E-state index >= 15 is 0 Å². The first-order valence-electron chi connectivity index (χ1n) is 4.49. The quantitative estimate of drug-likeness (QED) is 0.411. The van der Waals surface area contributed by atoms with Crippen molar-refractivity contribution < 1.29 is 23.7 Å². The van der Waals surface area contributed by atoms with Gasteiger partial charge in [-0.1, -0.05) is 0 Å². The maximum atomic E-state index is 5.34. The Bertz CT molecular complexity index is 118. The summed E-state index contributed by atoms with van der Waals surface area (Å²) in [6.07, 6.45) is 0. The minimum absolute atomic E-state index is 0.424. The summed E-state index contributed by atoms with van der Waals surface area (Å²) >= 11 is 0. The topological polar surface area (TPSA) is 46.2 Å². The van der Waals surface area contributed by atoms with Crippen LogP contribution in [0.1, 0.15) is 6.92 Å². The molecule has 86 valence electrons. The van der Waals surface area contributed by atoms with Crippen LogP contribution in [0.25, 0.3) is 0 Å². The predicted octanol–water partition coefficient (Wildman–Crippen LogP) is 0.633. The zero-order chi connectivity index (χ0) is 10.9. The van der Waals surface area contributed by atoms with Crippen molar-refractivity contribution in [3.63, 3.8) is 0 Å². The van der Waals surface area contributed by atoms with Crippen LogP contribution < -0.4 is 0 Å². The van der Waals surface area contributed by atoms with Crippen LogP contribution >= 0.6 is 0 Å². The highest BCUT2D eigenvalue weighted by Crippen LogP contribution is 2.12. The van der Waals surface area contributed by atoms with Gasteiger partial charge >= 0.3 is 0 Å². The summed E-state index contributed by atoms with van der Waals surface area (Å²) in [4.78, 5) is 0. The van der Waals surface area contributed by atoms with Crippen LogP contribution in [-0.2, 0) is 23.7 Å². The summed E-state index contributed by atoms with van der Waals surface area (Å²) < 4.78 is 25.5. The first kappa shape index (κ1) is 13.8. The molecular weight excluding hydrogens is 188 g/mol. The summed E-state index contributed by atoms with van der Waals surface area (Å²) in [5.74, 6) is -1.02. The highest BCUT2D eigenvalue weighted by atomic mass is 16.9. The number of rotatable bonds is 9. The third-order valence-electron chi connectivity index (χ3n) is 1.67. The molecule has 5 heteroatoms. The van der Waals surface area contributed by atoms with E-state index in [2.05, 4.69) is 0 Å². The molecule has 0 N–H and O–H groups in total. The molecule has 0 rings (SSSR count). The van der Waals surface area contributed by atoms with Gasteiger partial charge in [0.1, 0.15) is 0 Å². The Labute approximate surface area is 85.2 Å². The molecule has 14 heavy (non-hydrogen) atoms. The van der Waals surface area contributed by atoms with Gasteiger partial charge in [-0.25, -0.2) is 0 Å². The second-order valence-electron chi connectivity index (χ2n) is 2.75. The van der Waals surface area contributed by atoms with E-state index in [0.717, 1.165) is 0 Å². The van der Waals surface area contributed by atoms with E-state index in [1.165, 1.54) is 7.11 Å². The number of hydrogen-bond donors (Lipinski definition) is 0. The number of methoxy groups -OCH3 is 3. The molecule has 0 atom stereocenters. The van der Waals surface area contributed by atoms with Crippen LogP contribution in [0.4, 0.5) is 0 Å². The number of ether oxygens (including phenoxy) is 5. The fourth-order valence-electron chi connectivity index (χ4n) is 0.780. The van der Waals surface area contributed by atoms with E-state index < -0.39 is 5.97 Å². The molecule has 0 saturated carbocycles. The van der Waals surface area contributed by atoms with Gasteiger partial charge in [0.25, 0.3) is 5.97 Å². The van der Waals surface area contributed by atoms with Gasteiger partial charge in [0.15, 0.2) is 0 Å². The van der Waals surface area contributed by atoms with Crippen molar-refractivity contribution in [1.82, 2.24) is 0 Å². The molecule has 0 aliphatic rings. The normalized spacial score (nSPS) is 12.0. The molecule has 0 unspecified atom stereocenters. The third kappa shape index (κ3) is 6.28. The van der Waals surface area contributed by atoms with Crippen LogP contribution in [0.3, 0.4) is 0 Å². The van der Waals surface area contributed by atoms with Crippen molar-refractivity contribution >= 4 is 0 Å². The fourth-order valence-corrected chi connectivity index (χ4v) is 0.780. The van der Waals surface area contributed by atoms with Crippen molar-refractivity contribution in [3.05, 3.63) is 0 Å². The monoisotopic (exact) mass is 208 g/mol. The molecule has 5 nitrogen and oxygen atoms in total. The zero-order valence-corrected chi connectivity index (χ0v) is 9.37. The maximum Gasteiger partial charge on any atom is 0.279 e. The molecule has 0 spiro atoms. The van der Waals surface area contributed by atoms with Gasteiger partial charge in [-0.15, -0.1) is 0 Å². The fraction of sp³-hybridized carbons (Fsp3) is 1.00. The largest absolute Gasteiger partial charge is 0.382 e. The van der Waals surface area contributed by atoms with E-state index in [0.29, 0.717) is 26.4 Å². The van der Waals surface area contributed by atoms with E-state index in [9.17, 15) is 0 Å². The molecule has 0 radical (unpaired) electrons. The molecule has 0 heterocycles. The van der Waals surface area contributed by atoms with Gasteiger partial charge in [-0.2, -0.15) is 0 Å². The number of hydrogen-bond acceptors (Lipinski definition) is 5. The van der Waals surface area contributed by atoms with Crippen molar-refractivity contribution in [3.8, 4) is 0 Å². The van der Waals surface area contributed by atoms with E-state index in [-0.39, 0.29) is 0 Å². The van der Waals surface area contributed by atoms with Gasteiger partial charge in [0, 0.05) is 28.3 Å². The Kier molecular flexibility index (Phi) is 8.02. The molecular formula is C9H20O5. The van der Waals surface area contributed by atoms with Gasteiger partial charge in [0.05, 0.1) is 26.4 Å². The highest BCUT2D eigenvalue weighted by Gasteiger charge is 2.24. The zero-order valence-electron chi connectivity index (χ0n) is 9.37. The van der Waals surface area contributed by atoms with Crippen molar-refractivity contribution in [1.29, 1.82) is 0 Å². The SMILES string of the molecule is COCCOC(C)(OC)OCCOC. The van der Waals surface area contributed by atoms with E-state index in [1.807, 2.05) is 0 Å². The van der Waals surface area contributed by atoms with Gasteiger partial charge in [-0.3, -0.25) is 0 Å². The lowest BCUT2D eigenvalue weighted by atomic mass is 10.6. The predicted molar refractivity (Wildman–Crippen MR) is 51.1 cm³/mol. The van der Waals surface area contributed by atoms with E-state index in [4.69, 9.17) is 23.7 Å². The van der Waals surface area contributed by atoms with Crippen molar-refractivity contribution in [2.24, 2.45) is 0 Å². The van der Waals surface area contributed by atoms with Crippen LogP contribution in [0.5, 0.6) is 0 Å². The molecule has 0 amide bonds. The Balaban J connectivity index is 3.67. The van der Waals surface area contributed by atoms with E-state index in [1.54, 1.807) is 21.1 Å². The molecule has 0 saturated heterocycles. The average molecular weight is 208 g/mol. The van der Waals surface area contributed by atoms with Crippen LogP contribution in [-0.4, -0.2) is 53.7 Å². The smallest absolute Gasteiger partial charge is 0.279 e. The lowest BCUT2D eigenvalue weighted by molar-refractivity contribution is -0.363. The lowest BCUT2D eigenvalue weighted by Gasteiger charge is -2.27. The standard InChI is InChI=1S/C9H20O5/c1-9(12-4,13-7-5-10-2)14-8-6-11-3/h5-8H2,1-4H3. The molecule has 0 aliphatic heterocycles. The second kappa shape index (κ2) is 8.14. The highest BCUT2D eigenvalue weighted by molar-refractivity contribution is 4.46. The molecule has 0 fully saturated rings. The molecule has 0 aromatic heterocycles. The summed E-state index contributed by atoms with van der Waals surface area (Å²) in [6, 6.07) is 0. The van der Waals surface area contributed by atoms with Crippen molar-refractivity contribution in [2.45, 2.75) is 12.9 Å². The molecule has 0 aromatic rings. The summed E-state index contributed by atoms with van der Waals surface area (Å²) in [7, 11) is 4.75. The van der Waals surface area contributed by atoms with Gasteiger partial charge in [-0.05, 0) is 0 Å². The first-order valence-corrected chi connectivity index (χ1v) is 4.49. The maximum absolute atomic E-state index is 5.34. The Hall–Kier alpha value is -0.200. The molecule has 0 aromatic carbocycles. The second-order valence-corrected chi connectivity index (χ2v) is 2.75. The summed E-state index contributed by atoms with van der Waals surface area (Å²) in [5, 5.41) is 0. The minimum Gasteiger partial charge on any atom is -0.382 e. The summed E-state index contributed by atoms with van der Waals surface area (Å²) in [5.41, 5.74) is 0. The Morgan fingerprint density at radius 3 is 1.50 bits per heavy atom. The minimum atomic E-state index is -1.02. The summed E-state index contributed by atoms with van der Waals surface area (Å²) in [6.45, 7) is 3.57. The Morgan fingerprint density at radius 2 is 1.21 bits per heavy atom. The average Bonchev–Trinajstić information content (AvgIpc) is 2.19. The Morgan fingerprint density at radius 1 is 0.786 bits per heavy atom. The van der Waals surface area contributed by atoms with Gasteiger partial charge < -0.3 is 23.7 Å². The van der Waals surface area contributed by atoms with Crippen LogP contribution in [0.2, 0.25) is 0 Å². The van der Waals surface area contributed by atoms with Crippen LogP contribution in [0.15, 0.2) is 0 Å². The molecule has 0 aliphatic carbocycles. The molecule has 0 bridgehead atoms. The van der Waals surface area contributed by atoms with Gasteiger partial charge in [0.2, 0.25) is 0 Å². The lowest BCUT2D eigenvalue weighted by Crippen LogP contribution is -2.36. The third-order valence-corrected chi connectivity index (χ3v) is 1.67. The van der Waals surface area contributed by atoms with Crippen LogP contribution in [0, 0.1) is 0 Å². The van der Waals surface area contributed by atoms with Crippen molar-refractivity contribution in [2.75, 3.05) is 47.8 Å².